The van der Waals surface area contributed by atoms with Gasteiger partial charge in [-0.25, -0.2) is 0 Å². The number of anilines is 3. The molecule has 60 heavy (non-hydrogen) atoms. The van der Waals surface area contributed by atoms with Crippen LogP contribution in [0.25, 0.3) is 88.3 Å². The van der Waals surface area contributed by atoms with Gasteiger partial charge in [-0.2, -0.15) is 0 Å². The van der Waals surface area contributed by atoms with Gasteiger partial charge in [0.2, 0.25) is 0 Å². The SMILES string of the molecule is c1ccc(-c2ccc(-c3cc4oc5ccccc5c4c4ccc(-c5ccc(N(c6ccc(-c7ccccc7)cc6)c6cccc(-c7ccccc7)c6)cc5)cc34)cc2)cc1. The van der Waals surface area contributed by atoms with Crippen molar-refractivity contribution >= 4 is 49.8 Å². The average Bonchev–Trinajstić information content (AvgIpc) is 3.71. The summed E-state index contributed by atoms with van der Waals surface area (Å²) < 4.78 is 6.50. The maximum absolute atomic E-state index is 6.50. The predicted molar refractivity (Wildman–Crippen MR) is 253 cm³/mol. The molecular formula is C58H39NO. The van der Waals surface area contributed by atoms with Crippen LogP contribution in [0, 0.1) is 0 Å². The van der Waals surface area contributed by atoms with Crippen molar-refractivity contribution in [2.75, 3.05) is 4.90 Å². The molecule has 0 atom stereocenters. The van der Waals surface area contributed by atoms with Crippen molar-refractivity contribution < 1.29 is 4.42 Å². The minimum absolute atomic E-state index is 0.899. The second kappa shape index (κ2) is 15.1. The number of benzene rings is 10. The van der Waals surface area contributed by atoms with E-state index in [-0.39, 0.29) is 0 Å². The van der Waals surface area contributed by atoms with Crippen molar-refractivity contribution in [3.8, 4) is 55.6 Å². The third-order valence-electron chi connectivity index (χ3n) is 11.7. The van der Waals surface area contributed by atoms with Crippen molar-refractivity contribution in [1.29, 1.82) is 0 Å². The van der Waals surface area contributed by atoms with Gasteiger partial charge in [0.15, 0.2) is 0 Å². The number of rotatable bonds is 8. The van der Waals surface area contributed by atoms with Gasteiger partial charge in [-0.05, 0) is 121 Å². The molecule has 0 bridgehead atoms. The van der Waals surface area contributed by atoms with Crippen LogP contribution in [0.4, 0.5) is 17.1 Å². The Labute approximate surface area is 349 Å². The van der Waals surface area contributed by atoms with Crippen LogP contribution < -0.4 is 4.90 Å². The maximum Gasteiger partial charge on any atom is 0.136 e. The van der Waals surface area contributed by atoms with Crippen LogP contribution in [-0.4, -0.2) is 0 Å². The van der Waals surface area contributed by atoms with Gasteiger partial charge in [0.25, 0.3) is 0 Å². The fourth-order valence-corrected chi connectivity index (χ4v) is 8.67. The predicted octanol–water partition coefficient (Wildman–Crippen LogP) is 16.5. The first-order valence-electron chi connectivity index (χ1n) is 20.5. The monoisotopic (exact) mass is 765 g/mol. The molecule has 0 radical (unpaired) electrons. The summed E-state index contributed by atoms with van der Waals surface area (Å²) in [7, 11) is 0. The van der Waals surface area contributed by atoms with Gasteiger partial charge in [-0.3, -0.25) is 0 Å². The normalized spacial score (nSPS) is 11.3. The zero-order valence-electron chi connectivity index (χ0n) is 32.9. The van der Waals surface area contributed by atoms with E-state index in [9.17, 15) is 0 Å². The summed E-state index contributed by atoms with van der Waals surface area (Å²) in [5.74, 6) is 0. The van der Waals surface area contributed by atoms with E-state index in [1.54, 1.807) is 0 Å². The number of hydrogen-bond acceptors (Lipinski definition) is 2. The van der Waals surface area contributed by atoms with Gasteiger partial charge in [-0.1, -0.05) is 182 Å². The molecule has 0 aliphatic heterocycles. The number of furan rings is 1. The standard InChI is InChI=1S/C58H39NO/c1-4-13-40(14-5-1)43-23-25-46(26-24-43)54-39-57-58(53-21-10-11-22-56(53)60-57)52-36-31-48(38-55(52)54)45-29-34-50(35-30-45)59(49-32-27-44(28-33-49)41-15-6-2-7-16-41)51-20-12-19-47(37-51)42-17-8-3-9-18-42/h1-39H. The number of para-hydroxylation sites is 1. The Morgan fingerprint density at radius 2 is 0.700 bits per heavy atom. The summed E-state index contributed by atoms with van der Waals surface area (Å²) in [6.45, 7) is 0. The molecule has 0 saturated heterocycles. The smallest absolute Gasteiger partial charge is 0.136 e. The molecule has 0 unspecified atom stereocenters. The van der Waals surface area contributed by atoms with Crippen LogP contribution in [0.5, 0.6) is 0 Å². The minimum Gasteiger partial charge on any atom is -0.456 e. The number of fused-ring (bicyclic) bond motifs is 5. The molecule has 11 rings (SSSR count). The van der Waals surface area contributed by atoms with Crippen LogP contribution in [0.15, 0.2) is 241 Å². The molecule has 0 spiro atoms. The summed E-state index contributed by atoms with van der Waals surface area (Å²) in [5, 5.41) is 4.66. The molecule has 1 heterocycles. The molecule has 282 valence electrons. The summed E-state index contributed by atoms with van der Waals surface area (Å²) >= 11 is 0. The van der Waals surface area contributed by atoms with E-state index in [0.29, 0.717) is 0 Å². The first-order valence-corrected chi connectivity index (χ1v) is 20.5. The van der Waals surface area contributed by atoms with Gasteiger partial charge in [0, 0.05) is 27.8 Å². The summed E-state index contributed by atoms with van der Waals surface area (Å²) in [6, 6.07) is 84.8. The van der Waals surface area contributed by atoms with Crippen molar-refractivity contribution in [3.63, 3.8) is 0 Å². The highest BCUT2D eigenvalue weighted by atomic mass is 16.3. The molecular weight excluding hydrogens is 727 g/mol. The van der Waals surface area contributed by atoms with Crippen molar-refractivity contribution in [1.82, 2.24) is 0 Å². The number of nitrogens with zero attached hydrogens (tertiary/aromatic N) is 1. The first kappa shape index (κ1) is 35.2. The summed E-state index contributed by atoms with van der Waals surface area (Å²) in [4.78, 5) is 2.35. The van der Waals surface area contributed by atoms with Gasteiger partial charge in [0.05, 0.1) is 0 Å². The van der Waals surface area contributed by atoms with Crippen LogP contribution in [0.3, 0.4) is 0 Å². The minimum atomic E-state index is 0.899. The topological polar surface area (TPSA) is 16.4 Å². The summed E-state index contributed by atoms with van der Waals surface area (Å²) in [5.41, 5.74) is 16.9. The Bertz CT molecular complexity index is 3260. The van der Waals surface area contributed by atoms with Crippen LogP contribution in [0.1, 0.15) is 0 Å². The molecule has 0 amide bonds. The quantitative estimate of drug-likeness (QED) is 0.153. The Balaban J connectivity index is 1.01. The molecule has 10 aromatic carbocycles. The van der Waals surface area contributed by atoms with Crippen LogP contribution in [0.2, 0.25) is 0 Å². The van der Waals surface area contributed by atoms with Gasteiger partial charge in [-0.15, -0.1) is 0 Å². The Morgan fingerprint density at radius 3 is 1.32 bits per heavy atom. The van der Waals surface area contributed by atoms with E-state index in [0.717, 1.165) is 61.3 Å². The van der Waals surface area contributed by atoms with Crippen molar-refractivity contribution in [3.05, 3.63) is 237 Å². The molecule has 0 aliphatic carbocycles. The van der Waals surface area contributed by atoms with Crippen LogP contribution >= 0.6 is 0 Å². The fraction of sp³-hybridized carbons (Fsp3) is 0. The van der Waals surface area contributed by atoms with E-state index < -0.39 is 0 Å². The Hall–Kier alpha value is -7.94. The van der Waals surface area contributed by atoms with Crippen LogP contribution in [-0.2, 0) is 0 Å². The van der Waals surface area contributed by atoms with Gasteiger partial charge >= 0.3 is 0 Å². The molecule has 0 saturated carbocycles. The van der Waals surface area contributed by atoms with Gasteiger partial charge < -0.3 is 9.32 Å². The van der Waals surface area contributed by atoms with Crippen molar-refractivity contribution in [2.45, 2.75) is 0 Å². The van der Waals surface area contributed by atoms with E-state index in [1.807, 2.05) is 6.07 Å². The largest absolute Gasteiger partial charge is 0.456 e. The molecule has 1 aromatic heterocycles. The lowest BCUT2D eigenvalue weighted by molar-refractivity contribution is 0.669. The highest BCUT2D eigenvalue weighted by Gasteiger charge is 2.18. The fourth-order valence-electron chi connectivity index (χ4n) is 8.67. The lowest BCUT2D eigenvalue weighted by Gasteiger charge is -2.26. The highest BCUT2D eigenvalue weighted by molar-refractivity contribution is 6.22. The third-order valence-corrected chi connectivity index (χ3v) is 11.7. The Morgan fingerprint density at radius 1 is 0.250 bits per heavy atom. The maximum atomic E-state index is 6.50. The highest BCUT2D eigenvalue weighted by Crippen LogP contribution is 2.43. The van der Waals surface area contributed by atoms with Gasteiger partial charge in [0.1, 0.15) is 11.2 Å². The molecule has 11 aromatic rings. The first-order chi connectivity index (χ1) is 29.7. The molecule has 2 heteroatoms. The lowest BCUT2D eigenvalue weighted by Crippen LogP contribution is -2.10. The van der Waals surface area contributed by atoms with E-state index in [2.05, 4.69) is 235 Å². The molecule has 0 aliphatic rings. The Kier molecular flexibility index (Phi) is 8.87. The third kappa shape index (κ3) is 6.51. The molecule has 0 fully saturated rings. The zero-order chi connectivity index (χ0) is 39.8. The molecule has 0 N–H and O–H groups in total. The second-order valence-corrected chi connectivity index (χ2v) is 15.3. The van der Waals surface area contributed by atoms with E-state index in [1.165, 1.54) is 44.2 Å². The summed E-state index contributed by atoms with van der Waals surface area (Å²) in [6.07, 6.45) is 0. The second-order valence-electron chi connectivity index (χ2n) is 15.3. The van der Waals surface area contributed by atoms with Crippen molar-refractivity contribution in [2.24, 2.45) is 0 Å². The van der Waals surface area contributed by atoms with E-state index in [4.69, 9.17) is 4.42 Å². The zero-order valence-corrected chi connectivity index (χ0v) is 32.9. The lowest BCUT2D eigenvalue weighted by atomic mass is 9.91. The molecule has 2 nitrogen and oxygen atoms in total. The van der Waals surface area contributed by atoms with E-state index >= 15 is 0 Å². The average molecular weight is 766 g/mol. The number of hydrogen-bond donors (Lipinski definition) is 0.